The summed E-state index contributed by atoms with van der Waals surface area (Å²) in [5, 5.41) is 2.98. The number of nitrogens with zero attached hydrogens (tertiary/aromatic N) is 2. The molecule has 0 aliphatic heterocycles. The van der Waals surface area contributed by atoms with Gasteiger partial charge in [0.2, 0.25) is 5.91 Å². The van der Waals surface area contributed by atoms with Crippen LogP contribution in [0.25, 0.3) is 0 Å². The van der Waals surface area contributed by atoms with Crippen LogP contribution in [0, 0.1) is 13.8 Å². The van der Waals surface area contributed by atoms with Gasteiger partial charge >= 0.3 is 0 Å². The summed E-state index contributed by atoms with van der Waals surface area (Å²) in [5.41, 5.74) is 14.9. The quantitative estimate of drug-likeness (QED) is 0.261. The number of amides is 3. The van der Waals surface area contributed by atoms with Crippen LogP contribution in [0.1, 0.15) is 55.4 Å². The lowest BCUT2D eigenvalue weighted by Gasteiger charge is -2.32. The highest BCUT2D eigenvalue weighted by atomic mass is 32.1. The molecule has 0 saturated heterocycles. The van der Waals surface area contributed by atoms with E-state index >= 15 is 0 Å². The van der Waals surface area contributed by atoms with E-state index in [0.717, 1.165) is 28.2 Å². The molecule has 40 heavy (non-hydrogen) atoms. The van der Waals surface area contributed by atoms with E-state index in [1.165, 1.54) is 4.90 Å². The fraction of sp³-hybridized carbons (Fsp3) is 0.200. The fourth-order valence-electron chi connectivity index (χ4n) is 4.30. The SMILES string of the molecule is CCOc1ccc([C@H](C(=O)NCc2ccccc2)N(C(=O)c2snc(C(N)=O)c2N)c2cc(C)ccc2C)cc1. The maximum atomic E-state index is 14.3. The van der Waals surface area contributed by atoms with Crippen molar-refractivity contribution >= 4 is 40.6 Å². The van der Waals surface area contributed by atoms with E-state index in [4.69, 9.17) is 16.2 Å². The zero-order valence-electron chi connectivity index (χ0n) is 22.5. The van der Waals surface area contributed by atoms with Crippen LogP contribution in [0.5, 0.6) is 5.75 Å². The molecule has 0 spiro atoms. The van der Waals surface area contributed by atoms with E-state index in [9.17, 15) is 14.4 Å². The van der Waals surface area contributed by atoms with Crippen LogP contribution in [0.4, 0.5) is 11.4 Å². The molecule has 0 radical (unpaired) electrons. The highest BCUT2D eigenvalue weighted by Crippen LogP contribution is 2.36. The van der Waals surface area contributed by atoms with Gasteiger partial charge in [0.1, 0.15) is 16.7 Å². The van der Waals surface area contributed by atoms with E-state index in [-0.39, 0.29) is 22.8 Å². The summed E-state index contributed by atoms with van der Waals surface area (Å²) >= 11 is 0.770. The number of benzene rings is 3. The number of carbonyl (C=O) groups is 3. The molecule has 1 aromatic heterocycles. The van der Waals surface area contributed by atoms with Gasteiger partial charge in [0.05, 0.1) is 12.3 Å². The van der Waals surface area contributed by atoms with Gasteiger partial charge in [-0.25, -0.2) is 0 Å². The van der Waals surface area contributed by atoms with Gasteiger partial charge in [0, 0.05) is 12.2 Å². The molecule has 9 nitrogen and oxygen atoms in total. The van der Waals surface area contributed by atoms with Crippen molar-refractivity contribution in [1.82, 2.24) is 9.69 Å². The Bertz CT molecular complexity index is 1520. The highest BCUT2D eigenvalue weighted by molar-refractivity contribution is 7.09. The molecule has 1 heterocycles. The van der Waals surface area contributed by atoms with E-state index < -0.39 is 23.8 Å². The number of ether oxygens (including phenoxy) is 1. The van der Waals surface area contributed by atoms with Crippen molar-refractivity contribution in [3.05, 3.63) is 106 Å². The first kappa shape index (κ1) is 28.3. The number of hydrogen-bond donors (Lipinski definition) is 3. The Hall–Kier alpha value is -4.70. The molecule has 4 aromatic rings. The standard InChI is InChI=1S/C30H31N5O4S/c1-4-39-22-14-12-21(13-15-22)26(29(37)33-17-20-8-6-5-7-9-20)35(23-16-18(2)10-11-19(23)3)30(38)27-24(31)25(28(32)36)34-40-27/h5-16,26H,4,17,31H2,1-3H3,(H2,32,36)(H,33,37)/t26-/m1/s1. The van der Waals surface area contributed by atoms with Gasteiger partial charge in [-0.3, -0.25) is 19.3 Å². The summed E-state index contributed by atoms with van der Waals surface area (Å²) in [6, 6.07) is 21.1. The topological polar surface area (TPSA) is 141 Å². The average Bonchev–Trinajstić information content (AvgIpc) is 3.34. The molecule has 0 unspecified atom stereocenters. The number of carbonyl (C=O) groups excluding carboxylic acids is 3. The van der Waals surface area contributed by atoms with Crippen molar-refractivity contribution in [3.8, 4) is 5.75 Å². The van der Waals surface area contributed by atoms with E-state index in [1.54, 1.807) is 24.3 Å². The minimum atomic E-state index is -1.09. The smallest absolute Gasteiger partial charge is 0.273 e. The van der Waals surface area contributed by atoms with Crippen molar-refractivity contribution < 1.29 is 19.1 Å². The predicted molar refractivity (Wildman–Crippen MR) is 156 cm³/mol. The molecule has 10 heteroatoms. The second-order valence-electron chi connectivity index (χ2n) is 9.21. The summed E-state index contributed by atoms with van der Waals surface area (Å²) in [6.45, 7) is 6.39. The number of nitrogen functional groups attached to an aromatic ring is 1. The van der Waals surface area contributed by atoms with Gasteiger partial charge < -0.3 is 21.5 Å². The fourth-order valence-corrected chi connectivity index (χ4v) is 5.04. The molecule has 3 amide bonds. The first-order chi connectivity index (χ1) is 19.2. The lowest BCUT2D eigenvalue weighted by molar-refractivity contribution is -0.122. The third kappa shape index (κ3) is 6.13. The van der Waals surface area contributed by atoms with Crippen molar-refractivity contribution in [2.24, 2.45) is 5.73 Å². The second kappa shape index (κ2) is 12.4. The number of anilines is 2. The maximum absolute atomic E-state index is 14.3. The van der Waals surface area contributed by atoms with E-state index in [0.29, 0.717) is 23.6 Å². The van der Waals surface area contributed by atoms with Crippen molar-refractivity contribution in [2.45, 2.75) is 33.4 Å². The molecule has 3 aromatic carbocycles. The van der Waals surface area contributed by atoms with Crippen LogP contribution in [0.3, 0.4) is 0 Å². The lowest BCUT2D eigenvalue weighted by atomic mass is 10.00. The van der Waals surface area contributed by atoms with Crippen molar-refractivity contribution in [2.75, 3.05) is 17.2 Å². The Balaban J connectivity index is 1.86. The van der Waals surface area contributed by atoms with Crippen LogP contribution in [-0.2, 0) is 11.3 Å². The maximum Gasteiger partial charge on any atom is 0.273 e. The Kier molecular flexibility index (Phi) is 8.80. The Morgan fingerprint density at radius 1 is 1.02 bits per heavy atom. The molecule has 5 N–H and O–H groups in total. The predicted octanol–water partition coefficient (Wildman–Crippen LogP) is 4.54. The molecule has 206 valence electrons. The minimum absolute atomic E-state index is 0.0153. The number of nitrogens with one attached hydrogen (secondary N) is 1. The van der Waals surface area contributed by atoms with Gasteiger partial charge in [0.15, 0.2) is 5.69 Å². The Morgan fingerprint density at radius 2 is 1.73 bits per heavy atom. The molecular formula is C30H31N5O4S. The van der Waals surface area contributed by atoms with Crippen LogP contribution in [0.15, 0.2) is 72.8 Å². The summed E-state index contributed by atoms with van der Waals surface area (Å²) in [5.74, 6) is -1.18. The molecule has 4 rings (SSSR count). The number of primary amides is 1. The molecule has 0 aliphatic rings. The minimum Gasteiger partial charge on any atom is -0.494 e. The molecule has 0 saturated carbocycles. The number of nitrogens with two attached hydrogens (primary N) is 2. The third-order valence-electron chi connectivity index (χ3n) is 6.32. The largest absolute Gasteiger partial charge is 0.494 e. The van der Waals surface area contributed by atoms with Gasteiger partial charge in [0.25, 0.3) is 11.8 Å². The van der Waals surface area contributed by atoms with Crippen LogP contribution in [0.2, 0.25) is 0 Å². The summed E-state index contributed by atoms with van der Waals surface area (Å²) in [4.78, 5) is 41.6. The lowest BCUT2D eigenvalue weighted by Crippen LogP contribution is -2.44. The van der Waals surface area contributed by atoms with Gasteiger partial charge in [-0.05, 0) is 72.8 Å². The number of aryl methyl sites for hydroxylation is 2. The summed E-state index contributed by atoms with van der Waals surface area (Å²) in [6.07, 6.45) is 0. The van der Waals surface area contributed by atoms with Crippen molar-refractivity contribution in [3.63, 3.8) is 0 Å². The highest BCUT2D eigenvalue weighted by Gasteiger charge is 2.36. The molecule has 0 fully saturated rings. The molecule has 0 bridgehead atoms. The second-order valence-corrected chi connectivity index (χ2v) is 9.98. The normalized spacial score (nSPS) is 11.5. The van der Waals surface area contributed by atoms with Crippen molar-refractivity contribution in [1.29, 1.82) is 0 Å². The first-order valence-corrected chi connectivity index (χ1v) is 13.5. The number of rotatable bonds is 10. The van der Waals surface area contributed by atoms with Crippen LogP contribution >= 0.6 is 11.5 Å². The zero-order valence-corrected chi connectivity index (χ0v) is 23.3. The van der Waals surface area contributed by atoms with Gasteiger partial charge in [-0.1, -0.05) is 54.6 Å². The van der Waals surface area contributed by atoms with Crippen LogP contribution < -0.4 is 26.4 Å². The molecular weight excluding hydrogens is 526 g/mol. The van der Waals surface area contributed by atoms with E-state index in [2.05, 4.69) is 9.69 Å². The molecule has 0 aliphatic carbocycles. The monoisotopic (exact) mass is 557 g/mol. The average molecular weight is 558 g/mol. The zero-order chi connectivity index (χ0) is 28.8. The third-order valence-corrected chi connectivity index (χ3v) is 7.17. The van der Waals surface area contributed by atoms with Crippen LogP contribution in [-0.4, -0.2) is 28.7 Å². The van der Waals surface area contributed by atoms with E-state index in [1.807, 2.05) is 69.3 Å². The number of hydrogen-bond acceptors (Lipinski definition) is 7. The summed E-state index contributed by atoms with van der Waals surface area (Å²) < 4.78 is 9.61. The Labute approximate surface area is 236 Å². The first-order valence-electron chi connectivity index (χ1n) is 12.7. The Morgan fingerprint density at radius 3 is 2.35 bits per heavy atom. The molecule has 1 atom stereocenters. The number of aromatic nitrogens is 1. The van der Waals surface area contributed by atoms with Gasteiger partial charge in [-0.15, -0.1) is 0 Å². The summed E-state index contributed by atoms with van der Waals surface area (Å²) in [7, 11) is 0. The van der Waals surface area contributed by atoms with Gasteiger partial charge in [-0.2, -0.15) is 4.37 Å².